The molecule has 1 aromatic heterocycles. The number of rotatable bonds is 2. The summed E-state index contributed by atoms with van der Waals surface area (Å²) in [6, 6.07) is 2.13. The predicted octanol–water partition coefficient (Wildman–Crippen LogP) is 0.00990. The molecule has 0 aliphatic carbocycles. The van der Waals surface area contributed by atoms with Crippen LogP contribution < -0.4 is 0 Å². The van der Waals surface area contributed by atoms with Crippen LogP contribution in [0.25, 0.3) is 0 Å². The van der Waals surface area contributed by atoms with Crippen LogP contribution in [-0.4, -0.2) is 58.2 Å². The van der Waals surface area contributed by atoms with Gasteiger partial charge in [0.1, 0.15) is 0 Å². The third kappa shape index (κ3) is 2.36. The van der Waals surface area contributed by atoms with Crippen molar-refractivity contribution in [2.24, 2.45) is 7.05 Å². The Bertz CT molecular complexity index is 479. The number of nitrogens with zero attached hydrogens (tertiary/aromatic N) is 5. The summed E-state index contributed by atoms with van der Waals surface area (Å²) in [5.74, 6) is 0.0391. The monoisotopic (exact) mass is 247 g/mol. The standard InChI is InChI=1S/C12H17N5O/c1-10-11(9-14-15(10)2)12(18)17-7-5-16(4-3-13)6-8-17/h9H,4-8H2,1-2H3. The highest BCUT2D eigenvalue weighted by atomic mass is 16.2. The molecule has 0 N–H and O–H groups in total. The van der Waals surface area contributed by atoms with Gasteiger partial charge in [-0.25, -0.2) is 0 Å². The first-order valence-corrected chi connectivity index (χ1v) is 6.00. The molecule has 1 fully saturated rings. The second kappa shape index (κ2) is 5.19. The summed E-state index contributed by atoms with van der Waals surface area (Å²) < 4.78 is 1.71. The third-order valence-corrected chi connectivity index (χ3v) is 3.42. The number of aromatic nitrogens is 2. The van der Waals surface area contributed by atoms with Gasteiger partial charge >= 0.3 is 0 Å². The van der Waals surface area contributed by atoms with Gasteiger partial charge in [-0.15, -0.1) is 0 Å². The molecule has 2 heterocycles. The molecule has 2 rings (SSSR count). The molecule has 0 radical (unpaired) electrons. The molecule has 1 aliphatic heterocycles. The van der Waals surface area contributed by atoms with Crippen molar-refractivity contribution in [2.45, 2.75) is 6.92 Å². The molecule has 1 aliphatic rings. The van der Waals surface area contributed by atoms with Crippen LogP contribution in [0, 0.1) is 18.3 Å². The van der Waals surface area contributed by atoms with Crippen LogP contribution in [0.2, 0.25) is 0 Å². The summed E-state index contributed by atoms with van der Waals surface area (Å²) in [4.78, 5) is 16.2. The highest BCUT2D eigenvalue weighted by Crippen LogP contribution is 2.11. The average Bonchev–Trinajstić information content (AvgIpc) is 2.71. The lowest BCUT2D eigenvalue weighted by Crippen LogP contribution is -2.48. The van der Waals surface area contributed by atoms with Gasteiger partial charge in [-0.1, -0.05) is 0 Å². The molecule has 0 saturated carbocycles. The Hall–Kier alpha value is -1.87. The number of piperazine rings is 1. The van der Waals surface area contributed by atoms with Gasteiger partial charge in [0.15, 0.2) is 0 Å². The Labute approximate surface area is 106 Å². The minimum absolute atomic E-state index is 0.0391. The van der Waals surface area contributed by atoms with Gasteiger partial charge in [0, 0.05) is 38.9 Å². The minimum atomic E-state index is 0.0391. The maximum absolute atomic E-state index is 12.3. The Morgan fingerprint density at radius 3 is 2.61 bits per heavy atom. The summed E-state index contributed by atoms with van der Waals surface area (Å²) in [7, 11) is 1.83. The Morgan fingerprint density at radius 2 is 2.11 bits per heavy atom. The fourth-order valence-electron chi connectivity index (χ4n) is 2.09. The molecule has 0 aromatic carbocycles. The molecular weight excluding hydrogens is 230 g/mol. The molecule has 0 unspecified atom stereocenters. The smallest absolute Gasteiger partial charge is 0.257 e. The van der Waals surface area contributed by atoms with Crippen molar-refractivity contribution in [1.29, 1.82) is 5.26 Å². The van der Waals surface area contributed by atoms with Crippen molar-refractivity contribution < 1.29 is 4.79 Å². The van der Waals surface area contributed by atoms with Crippen molar-refractivity contribution >= 4 is 5.91 Å². The van der Waals surface area contributed by atoms with Crippen molar-refractivity contribution in [2.75, 3.05) is 32.7 Å². The Kier molecular flexibility index (Phi) is 3.63. The first-order chi connectivity index (χ1) is 8.63. The predicted molar refractivity (Wildman–Crippen MR) is 65.9 cm³/mol. The van der Waals surface area contributed by atoms with E-state index in [4.69, 9.17) is 5.26 Å². The van der Waals surface area contributed by atoms with E-state index >= 15 is 0 Å². The lowest BCUT2D eigenvalue weighted by atomic mass is 10.2. The Morgan fingerprint density at radius 1 is 1.44 bits per heavy atom. The summed E-state index contributed by atoms with van der Waals surface area (Å²) in [6.45, 7) is 5.21. The topological polar surface area (TPSA) is 65.2 Å². The molecule has 1 saturated heterocycles. The van der Waals surface area contributed by atoms with Gasteiger partial charge in [-0.2, -0.15) is 10.4 Å². The highest BCUT2D eigenvalue weighted by Gasteiger charge is 2.24. The van der Waals surface area contributed by atoms with Gasteiger partial charge in [0.25, 0.3) is 5.91 Å². The van der Waals surface area contributed by atoms with Crippen LogP contribution in [-0.2, 0) is 7.05 Å². The maximum Gasteiger partial charge on any atom is 0.257 e. The fourth-order valence-corrected chi connectivity index (χ4v) is 2.09. The van der Waals surface area contributed by atoms with E-state index in [9.17, 15) is 4.79 Å². The third-order valence-electron chi connectivity index (χ3n) is 3.42. The molecule has 6 nitrogen and oxygen atoms in total. The van der Waals surface area contributed by atoms with Crippen LogP contribution >= 0.6 is 0 Å². The number of hydrogen-bond acceptors (Lipinski definition) is 4. The number of carbonyl (C=O) groups excluding carboxylic acids is 1. The van der Waals surface area contributed by atoms with Crippen LogP contribution in [0.5, 0.6) is 0 Å². The van der Waals surface area contributed by atoms with Crippen molar-refractivity contribution in [1.82, 2.24) is 19.6 Å². The minimum Gasteiger partial charge on any atom is -0.336 e. The molecule has 96 valence electrons. The van der Waals surface area contributed by atoms with Gasteiger partial charge < -0.3 is 4.90 Å². The van der Waals surface area contributed by atoms with Gasteiger partial charge in [-0.3, -0.25) is 14.4 Å². The second-order valence-corrected chi connectivity index (χ2v) is 4.49. The van der Waals surface area contributed by atoms with Gasteiger partial charge in [0.2, 0.25) is 0 Å². The van der Waals surface area contributed by atoms with Crippen LogP contribution in [0.3, 0.4) is 0 Å². The zero-order valence-electron chi connectivity index (χ0n) is 10.8. The molecule has 0 bridgehead atoms. The van der Waals surface area contributed by atoms with E-state index < -0.39 is 0 Å². The lowest BCUT2D eigenvalue weighted by Gasteiger charge is -2.33. The maximum atomic E-state index is 12.3. The fraction of sp³-hybridized carbons (Fsp3) is 0.583. The SMILES string of the molecule is Cc1c(C(=O)N2CCN(CC#N)CC2)cnn1C. The summed E-state index contributed by atoms with van der Waals surface area (Å²) >= 11 is 0. The molecule has 18 heavy (non-hydrogen) atoms. The van der Waals surface area contributed by atoms with Crippen LogP contribution in [0.15, 0.2) is 6.20 Å². The zero-order valence-corrected chi connectivity index (χ0v) is 10.8. The molecule has 6 heteroatoms. The molecule has 0 spiro atoms. The first-order valence-electron chi connectivity index (χ1n) is 6.00. The first kappa shape index (κ1) is 12.6. The molecule has 1 aromatic rings. The van der Waals surface area contributed by atoms with Crippen molar-refractivity contribution in [3.05, 3.63) is 17.5 Å². The second-order valence-electron chi connectivity index (χ2n) is 4.49. The largest absolute Gasteiger partial charge is 0.336 e. The van der Waals surface area contributed by atoms with E-state index in [0.29, 0.717) is 25.2 Å². The summed E-state index contributed by atoms with van der Waals surface area (Å²) in [6.07, 6.45) is 1.62. The summed E-state index contributed by atoms with van der Waals surface area (Å²) in [5.41, 5.74) is 1.56. The van der Waals surface area contributed by atoms with Crippen molar-refractivity contribution in [3.8, 4) is 6.07 Å². The highest BCUT2D eigenvalue weighted by molar-refractivity contribution is 5.95. The van der Waals surface area contributed by atoms with Gasteiger partial charge in [-0.05, 0) is 6.92 Å². The van der Waals surface area contributed by atoms with E-state index in [1.807, 2.05) is 18.9 Å². The molecule has 1 amide bonds. The lowest BCUT2D eigenvalue weighted by molar-refractivity contribution is 0.0651. The van der Waals surface area contributed by atoms with Crippen LogP contribution in [0.1, 0.15) is 16.1 Å². The zero-order chi connectivity index (χ0) is 13.1. The number of amides is 1. The number of nitriles is 1. The van der Waals surface area contributed by atoms with E-state index in [0.717, 1.165) is 18.8 Å². The van der Waals surface area contributed by atoms with Crippen molar-refractivity contribution in [3.63, 3.8) is 0 Å². The normalized spacial score (nSPS) is 16.6. The van der Waals surface area contributed by atoms with Crippen LogP contribution in [0.4, 0.5) is 0 Å². The molecular formula is C12H17N5O. The van der Waals surface area contributed by atoms with E-state index in [1.165, 1.54) is 0 Å². The summed E-state index contributed by atoms with van der Waals surface area (Å²) in [5, 5.41) is 12.7. The number of hydrogen-bond donors (Lipinski definition) is 0. The quantitative estimate of drug-likeness (QED) is 0.691. The van der Waals surface area contributed by atoms with Gasteiger partial charge in [0.05, 0.1) is 24.4 Å². The Balaban J connectivity index is 2.00. The number of carbonyl (C=O) groups is 1. The van der Waals surface area contributed by atoms with E-state index in [2.05, 4.69) is 16.1 Å². The molecule has 0 atom stereocenters. The van der Waals surface area contributed by atoms with E-state index in [1.54, 1.807) is 10.9 Å². The van der Waals surface area contributed by atoms with E-state index in [-0.39, 0.29) is 5.91 Å². The number of aryl methyl sites for hydroxylation is 1. The average molecular weight is 247 g/mol.